The van der Waals surface area contributed by atoms with Crippen LogP contribution in [0.5, 0.6) is 0 Å². The number of hydrogen-bond donors (Lipinski definition) is 0. The standard InChI is InChI=1S/C12H26F4O3Si2/c1-5-20(6-2,17-9-11(13)14)19-21(7-3,8-4)18-10-12(15)16/h11-12H,5-10H2,1-4H3. The highest BCUT2D eigenvalue weighted by Crippen LogP contribution is 2.29. The number of rotatable bonds is 12. The van der Waals surface area contributed by atoms with E-state index in [0.29, 0.717) is 24.2 Å². The van der Waals surface area contributed by atoms with Crippen LogP contribution in [0, 0.1) is 0 Å². The third-order valence-electron chi connectivity index (χ3n) is 3.47. The fourth-order valence-electron chi connectivity index (χ4n) is 2.02. The van der Waals surface area contributed by atoms with E-state index < -0.39 is 43.2 Å². The summed E-state index contributed by atoms with van der Waals surface area (Å²) >= 11 is 0. The zero-order valence-corrected chi connectivity index (χ0v) is 15.1. The lowest BCUT2D eigenvalue weighted by Gasteiger charge is -2.39. The van der Waals surface area contributed by atoms with Gasteiger partial charge in [-0.1, -0.05) is 27.7 Å². The Balaban J connectivity index is 5.02. The van der Waals surface area contributed by atoms with Crippen molar-refractivity contribution in [2.24, 2.45) is 0 Å². The van der Waals surface area contributed by atoms with Crippen LogP contribution in [0.15, 0.2) is 0 Å². The molecule has 21 heavy (non-hydrogen) atoms. The average Bonchev–Trinajstić information content (AvgIpc) is 2.47. The minimum atomic E-state index is -2.84. The van der Waals surface area contributed by atoms with Gasteiger partial charge in [-0.05, 0) is 24.2 Å². The summed E-state index contributed by atoms with van der Waals surface area (Å²) in [6.07, 6.45) is -5.14. The Morgan fingerprint density at radius 1 is 0.667 bits per heavy atom. The van der Waals surface area contributed by atoms with E-state index in [4.69, 9.17) is 13.0 Å². The Kier molecular flexibility index (Phi) is 9.95. The van der Waals surface area contributed by atoms with Gasteiger partial charge >= 0.3 is 17.1 Å². The van der Waals surface area contributed by atoms with Gasteiger partial charge in [0.15, 0.2) is 0 Å². The second-order valence-corrected chi connectivity index (χ2v) is 12.6. The van der Waals surface area contributed by atoms with Gasteiger partial charge in [-0.2, -0.15) is 0 Å². The molecule has 0 radical (unpaired) electrons. The molecule has 0 saturated heterocycles. The largest absolute Gasteiger partial charge is 0.414 e. The van der Waals surface area contributed by atoms with Gasteiger partial charge in [0.2, 0.25) is 0 Å². The van der Waals surface area contributed by atoms with Gasteiger partial charge in [-0.25, -0.2) is 17.6 Å². The zero-order valence-electron chi connectivity index (χ0n) is 13.1. The first kappa shape index (κ1) is 21.0. The van der Waals surface area contributed by atoms with Gasteiger partial charge in [0.25, 0.3) is 12.9 Å². The third-order valence-corrected chi connectivity index (χ3v) is 12.1. The first-order chi connectivity index (χ1) is 9.78. The molecule has 0 aliphatic heterocycles. The van der Waals surface area contributed by atoms with E-state index in [1.165, 1.54) is 0 Å². The molecule has 0 aromatic rings. The summed E-state index contributed by atoms with van der Waals surface area (Å²) in [5.41, 5.74) is 0. The van der Waals surface area contributed by atoms with Crippen molar-refractivity contribution in [2.45, 2.75) is 64.7 Å². The highest BCUT2D eigenvalue weighted by atomic mass is 28.5. The van der Waals surface area contributed by atoms with E-state index in [1.807, 2.05) is 27.7 Å². The van der Waals surface area contributed by atoms with Crippen molar-refractivity contribution in [3.05, 3.63) is 0 Å². The molecular formula is C12H26F4O3Si2. The van der Waals surface area contributed by atoms with Gasteiger partial charge < -0.3 is 13.0 Å². The Bertz CT molecular complexity index is 249. The molecule has 0 rings (SSSR count). The predicted octanol–water partition coefficient (Wildman–Crippen LogP) is 4.53. The van der Waals surface area contributed by atoms with Crippen LogP contribution >= 0.6 is 0 Å². The average molecular weight is 351 g/mol. The van der Waals surface area contributed by atoms with Crippen molar-refractivity contribution in [1.29, 1.82) is 0 Å². The molecular weight excluding hydrogens is 324 g/mol. The van der Waals surface area contributed by atoms with Crippen LogP contribution in [0.3, 0.4) is 0 Å². The molecule has 0 atom stereocenters. The molecule has 0 bridgehead atoms. The second kappa shape index (κ2) is 9.93. The van der Waals surface area contributed by atoms with Gasteiger partial charge in [0.1, 0.15) is 0 Å². The van der Waals surface area contributed by atoms with E-state index in [0.717, 1.165) is 0 Å². The summed E-state index contributed by atoms with van der Waals surface area (Å²) in [7, 11) is -5.69. The molecule has 0 fully saturated rings. The van der Waals surface area contributed by atoms with Crippen LogP contribution in [0.2, 0.25) is 24.2 Å². The SMILES string of the molecule is CC[Si](CC)(OCC(F)F)O[Si](CC)(CC)OCC(F)F. The van der Waals surface area contributed by atoms with Crippen LogP contribution in [-0.2, 0) is 13.0 Å². The van der Waals surface area contributed by atoms with E-state index in [2.05, 4.69) is 0 Å². The van der Waals surface area contributed by atoms with Crippen LogP contribution in [0.1, 0.15) is 27.7 Å². The molecule has 0 aliphatic rings. The molecule has 0 aromatic heterocycles. The van der Waals surface area contributed by atoms with Gasteiger partial charge in [-0.3, -0.25) is 0 Å². The maximum atomic E-state index is 12.4. The van der Waals surface area contributed by atoms with E-state index in [-0.39, 0.29) is 0 Å². The molecule has 0 aliphatic carbocycles. The Morgan fingerprint density at radius 3 is 1.14 bits per heavy atom. The summed E-state index contributed by atoms with van der Waals surface area (Å²) in [5, 5.41) is 0. The smallest absolute Gasteiger partial charge is 0.329 e. The fraction of sp³-hybridized carbons (Fsp3) is 1.00. The van der Waals surface area contributed by atoms with Gasteiger partial charge in [0.05, 0.1) is 13.2 Å². The normalized spacial score (nSPS) is 13.4. The monoisotopic (exact) mass is 350 g/mol. The maximum absolute atomic E-state index is 12.4. The Hall–Kier alpha value is 0.0338. The second-order valence-electron chi connectivity index (χ2n) is 4.74. The summed E-state index contributed by atoms with van der Waals surface area (Å²) in [4.78, 5) is 0. The molecule has 9 heteroatoms. The zero-order chi connectivity index (χ0) is 16.5. The maximum Gasteiger partial charge on any atom is 0.329 e. The van der Waals surface area contributed by atoms with Gasteiger partial charge in [0, 0.05) is 0 Å². The van der Waals surface area contributed by atoms with E-state index >= 15 is 0 Å². The Morgan fingerprint density at radius 2 is 0.952 bits per heavy atom. The van der Waals surface area contributed by atoms with Crippen LogP contribution in [-0.4, -0.2) is 43.2 Å². The molecule has 0 saturated carbocycles. The summed E-state index contributed by atoms with van der Waals surface area (Å²) in [6.45, 7) is 5.91. The molecule has 0 N–H and O–H groups in total. The lowest BCUT2D eigenvalue weighted by molar-refractivity contribution is 0.0488. The number of halogens is 4. The van der Waals surface area contributed by atoms with Crippen molar-refractivity contribution >= 4 is 17.1 Å². The summed E-state index contributed by atoms with van der Waals surface area (Å²) < 4.78 is 66.5. The highest BCUT2D eigenvalue weighted by molar-refractivity contribution is 6.81. The molecule has 0 heterocycles. The van der Waals surface area contributed by atoms with Crippen LogP contribution < -0.4 is 0 Å². The van der Waals surface area contributed by atoms with Crippen molar-refractivity contribution in [3.63, 3.8) is 0 Å². The van der Waals surface area contributed by atoms with Crippen LogP contribution in [0.25, 0.3) is 0 Å². The topological polar surface area (TPSA) is 27.7 Å². The van der Waals surface area contributed by atoms with Crippen molar-refractivity contribution in [1.82, 2.24) is 0 Å². The Labute approximate surface area is 126 Å². The number of hydrogen-bond acceptors (Lipinski definition) is 3. The van der Waals surface area contributed by atoms with Gasteiger partial charge in [-0.15, -0.1) is 0 Å². The molecule has 0 amide bonds. The van der Waals surface area contributed by atoms with Crippen LogP contribution in [0.4, 0.5) is 17.6 Å². The third kappa shape index (κ3) is 7.22. The lowest BCUT2D eigenvalue weighted by atomic mass is 10.8. The molecule has 0 unspecified atom stereocenters. The lowest BCUT2D eigenvalue weighted by Crippen LogP contribution is -2.55. The molecule has 128 valence electrons. The summed E-state index contributed by atoms with van der Waals surface area (Å²) in [6, 6.07) is 1.96. The highest BCUT2D eigenvalue weighted by Gasteiger charge is 2.46. The first-order valence-electron chi connectivity index (χ1n) is 7.33. The minimum absolute atomic E-state index is 0.489. The summed E-state index contributed by atoms with van der Waals surface area (Å²) in [5.74, 6) is 0. The first-order valence-corrected chi connectivity index (χ1v) is 11.8. The fourth-order valence-corrected chi connectivity index (χ4v) is 10.2. The molecule has 0 spiro atoms. The van der Waals surface area contributed by atoms with E-state index in [9.17, 15) is 17.6 Å². The van der Waals surface area contributed by atoms with Crippen molar-refractivity contribution in [3.8, 4) is 0 Å². The molecule has 0 aromatic carbocycles. The quantitative estimate of drug-likeness (QED) is 0.382. The van der Waals surface area contributed by atoms with E-state index in [1.54, 1.807) is 0 Å². The molecule has 3 nitrogen and oxygen atoms in total. The number of alkyl halides is 4. The minimum Gasteiger partial charge on any atom is -0.414 e. The predicted molar refractivity (Wildman–Crippen MR) is 78.4 cm³/mol. The van der Waals surface area contributed by atoms with Crippen molar-refractivity contribution in [2.75, 3.05) is 13.2 Å². The van der Waals surface area contributed by atoms with Crippen molar-refractivity contribution < 1.29 is 30.5 Å².